The number of hydrogen-bond donors (Lipinski definition) is 0. The highest BCUT2D eigenvalue weighted by molar-refractivity contribution is 5.72. The van der Waals surface area contributed by atoms with Gasteiger partial charge in [-0.05, 0) is 13.8 Å². The summed E-state index contributed by atoms with van der Waals surface area (Å²) in [6.07, 6.45) is 1.53. The summed E-state index contributed by atoms with van der Waals surface area (Å²) in [5.41, 5.74) is 0. The summed E-state index contributed by atoms with van der Waals surface area (Å²) in [5, 5.41) is 0. The van der Waals surface area contributed by atoms with E-state index in [4.69, 9.17) is 0 Å². The first-order valence-corrected chi connectivity index (χ1v) is 3.22. The molecule has 0 spiro atoms. The van der Waals surface area contributed by atoms with Crippen LogP contribution in [-0.4, -0.2) is 18.4 Å². The molecule has 0 amide bonds. The summed E-state index contributed by atoms with van der Waals surface area (Å²) >= 11 is 0. The molecule has 0 N–H and O–H groups in total. The Hall–Kier alpha value is -1.12. The zero-order valence-electron chi connectivity index (χ0n) is 7.22. The molecular formula is C8H14O3. The molecule has 0 aliphatic carbocycles. The smallest absolute Gasteiger partial charge is 0.302 e. The maximum Gasteiger partial charge on any atom is 0.302 e. The zero-order valence-corrected chi connectivity index (χ0v) is 7.22. The van der Waals surface area contributed by atoms with Crippen LogP contribution in [0, 0.1) is 0 Å². The lowest BCUT2D eigenvalue weighted by Gasteiger charge is -1.90. The molecule has 0 aromatic heterocycles. The van der Waals surface area contributed by atoms with Crippen LogP contribution in [0.1, 0.15) is 20.8 Å². The summed E-state index contributed by atoms with van der Waals surface area (Å²) in [4.78, 5) is 19.4. The minimum Gasteiger partial charge on any atom is -0.462 e. The van der Waals surface area contributed by atoms with E-state index >= 15 is 0 Å². The molecule has 0 saturated heterocycles. The van der Waals surface area contributed by atoms with Crippen LogP contribution in [0.4, 0.5) is 0 Å². The summed E-state index contributed by atoms with van der Waals surface area (Å²) in [5.74, 6) is -0.0973. The molecule has 0 heterocycles. The Morgan fingerprint density at radius 2 is 1.73 bits per heavy atom. The lowest BCUT2D eigenvalue weighted by atomic mass is 10.6. The van der Waals surface area contributed by atoms with Crippen molar-refractivity contribution >= 4 is 11.8 Å². The summed E-state index contributed by atoms with van der Waals surface area (Å²) in [6, 6.07) is 0. The molecule has 0 fully saturated rings. The molecule has 0 unspecified atom stereocenters. The molecule has 0 aromatic rings. The van der Waals surface area contributed by atoms with Crippen molar-refractivity contribution in [1.82, 2.24) is 0 Å². The van der Waals surface area contributed by atoms with E-state index in [0.29, 0.717) is 6.61 Å². The van der Waals surface area contributed by atoms with Crippen LogP contribution in [-0.2, 0) is 14.3 Å². The molecule has 0 aromatic carbocycles. The second-order valence-corrected chi connectivity index (χ2v) is 2.00. The van der Waals surface area contributed by atoms with E-state index in [0.717, 1.165) is 0 Å². The molecular weight excluding hydrogens is 144 g/mol. The average Bonchev–Trinajstić information content (AvgIpc) is 1.82. The summed E-state index contributed by atoms with van der Waals surface area (Å²) in [6.45, 7) is 8.09. The van der Waals surface area contributed by atoms with Crippen molar-refractivity contribution in [2.75, 3.05) is 6.61 Å². The maximum absolute atomic E-state index is 9.93. The van der Waals surface area contributed by atoms with Crippen LogP contribution >= 0.6 is 0 Å². The molecule has 0 bridgehead atoms. The number of hydrogen-bond acceptors (Lipinski definition) is 3. The van der Waals surface area contributed by atoms with Gasteiger partial charge < -0.3 is 9.53 Å². The van der Waals surface area contributed by atoms with Gasteiger partial charge in [-0.1, -0.05) is 12.7 Å². The average molecular weight is 158 g/mol. The van der Waals surface area contributed by atoms with Crippen LogP contribution in [0.5, 0.6) is 0 Å². The van der Waals surface area contributed by atoms with Crippen molar-refractivity contribution in [2.24, 2.45) is 0 Å². The Morgan fingerprint density at radius 1 is 1.36 bits per heavy atom. The van der Waals surface area contributed by atoms with Gasteiger partial charge in [-0.3, -0.25) is 4.79 Å². The summed E-state index contributed by atoms with van der Waals surface area (Å²) < 4.78 is 4.43. The Kier molecular flexibility index (Phi) is 10.1. The molecule has 0 saturated carbocycles. The van der Waals surface area contributed by atoms with Crippen molar-refractivity contribution in [3.8, 4) is 0 Å². The fourth-order valence-corrected chi connectivity index (χ4v) is 0.176. The number of ketones is 1. The Labute approximate surface area is 67.0 Å². The van der Waals surface area contributed by atoms with Crippen molar-refractivity contribution in [3.63, 3.8) is 0 Å². The van der Waals surface area contributed by atoms with E-state index < -0.39 is 0 Å². The number of rotatable bonds is 2. The van der Waals surface area contributed by atoms with Gasteiger partial charge >= 0.3 is 5.97 Å². The summed E-state index contributed by atoms with van der Waals surface area (Å²) in [7, 11) is 0. The van der Waals surface area contributed by atoms with Gasteiger partial charge in [0.1, 0.15) is 12.4 Å². The normalized spacial score (nSPS) is 7.18. The van der Waals surface area contributed by atoms with Crippen LogP contribution in [0.3, 0.4) is 0 Å². The maximum atomic E-state index is 9.93. The largest absolute Gasteiger partial charge is 0.462 e. The molecule has 3 nitrogen and oxygen atoms in total. The van der Waals surface area contributed by atoms with Gasteiger partial charge in [0.25, 0.3) is 0 Å². The van der Waals surface area contributed by atoms with E-state index in [1.807, 2.05) is 0 Å². The number of ether oxygens (including phenoxy) is 1. The molecule has 0 rings (SSSR count). The van der Waals surface area contributed by atoms with E-state index in [9.17, 15) is 9.59 Å². The van der Waals surface area contributed by atoms with Gasteiger partial charge in [0.2, 0.25) is 0 Å². The van der Waals surface area contributed by atoms with Gasteiger partial charge in [0.15, 0.2) is 0 Å². The zero-order chi connectivity index (χ0) is 9.28. The number of carbonyl (C=O) groups is 2. The quantitative estimate of drug-likeness (QED) is 0.450. The molecule has 0 aliphatic heterocycles. The molecule has 11 heavy (non-hydrogen) atoms. The van der Waals surface area contributed by atoms with Crippen molar-refractivity contribution in [1.29, 1.82) is 0 Å². The molecule has 0 aliphatic rings. The first-order chi connectivity index (χ1) is 5.00. The highest BCUT2D eigenvalue weighted by atomic mass is 16.5. The topological polar surface area (TPSA) is 43.4 Å². The van der Waals surface area contributed by atoms with Crippen molar-refractivity contribution in [3.05, 3.63) is 12.7 Å². The minimum absolute atomic E-state index is 0.167. The van der Waals surface area contributed by atoms with Crippen LogP contribution < -0.4 is 0 Å². The van der Waals surface area contributed by atoms with Crippen LogP contribution in [0.15, 0.2) is 12.7 Å². The van der Waals surface area contributed by atoms with E-state index in [2.05, 4.69) is 11.3 Å². The van der Waals surface area contributed by atoms with E-state index in [1.54, 1.807) is 0 Å². The van der Waals surface area contributed by atoms with Crippen LogP contribution in [0.25, 0.3) is 0 Å². The molecule has 0 atom stereocenters. The standard InChI is InChI=1S/C5H8O2.C3H6O/c1-3-4-7-5(2)6;1-3(2)4/h3H,1,4H2,2H3;1-2H3. The van der Waals surface area contributed by atoms with E-state index in [1.165, 1.54) is 26.8 Å². The second kappa shape index (κ2) is 8.88. The highest BCUT2D eigenvalue weighted by Crippen LogP contribution is 1.73. The third-order valence-corrected chi connectivity index (χ3v) is 0.404. The predicted octanol–water partition coefficient (Wildman–Crippen LogP) is 1.33. The Balaban J connectivity index is 0. The first kappa shape index (κ1) is 12.5. The van der Waals surface area contributed by atoms with Gasteiger partial charge in [0.05, 0.1) is 0 Å². The van der Waals surface area contributed by atoms with Crippen LogP contribution in [0.2, 0.25) is 0 Å². The monoisotopic (exact) mass is 158 g/mol. The Morgan fingerprint density at radius 3 is 1.82 bits per heavy atom. The van der Waals surface area contributed by atoms with Gasteiger partial charge in [-0.25, -0.2) is 0 Å². The molecule has 64 valence electrons. The Bertz CT molecular complexity index is 134. The van der Waals surface area contributed by atoms with Crippen molar-refractivity contribution < 1.29 is 14.3 Å². The first-order valence-electron chi connectivity index (χ1n) is 3.22. The highest BCUT2D eigenvalue weighted by Gasteiger charge is 1.83. The lowest BCUT2D eigenvalue weighted by Crippen LogP contribution is -1.96. The third-order valence-electron chi connectivity index (χ3n) is 0.404. The molecule has 0 radical (unpaired) electrons. The second-order valence-electron chi connectivity index (χ2n) is 2.00. The van der Waals surface area contributed by atoms with E-state index in [-0.39, 0.29) is 11.8 Å². The fraction of sp³-hybridized carbons (Fsp3) is 0.500. The van der Waals surface area contributed by atoms with Gasteiger partial charge in [-0.2, -0.15) is 0 Å². The SMILES string of the molecule is C=CCOC(C)=O.CC(C)=O. The number of esters is 1. The predicted molar refractivity (Wildman–Crippen MR) is 43.2 cm³/mol. The van der Waals surface area contributed by atoms with Gasteiger partial charge in [0, 0.05) is 6.92 Å². The van der Waals surface area contributed by atoms with Gasteiger partial charge in [-0.15, -0.1) is 0 Å². The minimum atomic E-state index is -0.264. The molecule has 3 heteroatoms. The third kappa shape index (κ3) is 50.7. The fourth-order valence-electron chi connectivity index (χ4n) is 0.176. The number of carbonyl (C=O) groups excluding carboxylic acids is 2. The number of Topliss-reactive ketones (excluding diaryl/α,β-unsaturated/α-hetero) is 1. The lowest BCUT2D eigenvalue weighted by molar-refractivity contribution is -0.139. The van der Waals surface area contributed by atoms with Crippen molar-refractivity contribution in [2.45, 2.75) is 20.8 Å².